The molecule has 0 spiro atoms. The van der Waals surface area contributed by atoms with Gasteiger partial charge >= 0.3 is 0 Å². The molecule has 3 rings (SSSR count). The van der Waals surface area contributed by atoms with Gasteiger partial charge in [-0.3, -0.25) is 9.59 Å². The molecule has 1 aliphatic heterocycles. The lowest BCUT2D eigenvalue weighted by atomic mass is 9.85. The zero-order valence-corrected chi connectivity index (χ0v) is 17.6. The van der Waals surface area contributed by atoms with Gasteiger partial charge in [-0.2, -0.15) is 0 Å². The highest BCUT2D eigenvalue weighted by molar-refractivity contribution is 5.94. The van der Waals surface area contributed by atoms with E-state index in [2.05, 4.69) is 55.3 Å². The molecule has 1 heterocycles. The summed E-state index contributed by atoms with van der Waals surface area (Å²) in [6, 6.07) is 17.6. The first-order chi connectivity index (χ1) is 13.9. The van der Waals surface area contributed by atoms with Crippen molar-refractivity contribution in [2.45, 2.75) is 32.6 Å². The second kappa shape index (κ2) is 9.12. The van der Waals surface area contributed by atoms with Crippen molar-refractivity contribution in [3.63, 3.8) is 0 Å². The number of amides is 2. The third kappa shape index (κ3) is 5.37. The molecule has 0 saturated carbocycles. The number of carbonyl (C=O) groups excluding carboxylic acids is 2. The number of rotatable bonds is 5. The molecule has 1 saturated heterocycles. The highest BCUT2D eigenvalue weighted by Gasteiger charge is 2.25. The largest absolute Gasteiger partial charge is 0.368 e. The molecular formula is C24H31N3O2. The Hall–Kier alpha value is -2.82. The number of nitrogens with one attached hydrogen (secondary N) is 1. The number of hydrogen-bond donors (Lipinski definition) is 1. The number of para-hydroxylation sites is 1. The van der Waals surface area contributed by atoms with Crippen LogP contribution in [-0.4, -0.2) is 49.4 Å². The summed E-state index contributed by atoms with van der Waals surface area (Å²) >= 11 is 0. The molecule has 0 unspecified atom stereocenters. The summed E-state index contributed by atoms with van der Waals surface area (Å²) < 4.78 is 0. The first-order valence-electron chi connectivity index (χ1n) is 10.3. The molecule has 5 heteroatoms. The molecule has 29 heavy (non-hydrogen) atoms. The fourth-order valence-electron chi connectivity index (χ4n) is 3.71. The van der Waals surface area contributed by atoms with E-state index < -0.39 is 0 Å². The van der Waals surface area contributed by atoms with Crippen LogP contribution in [0.15, 0.2) is 54.6 Å². The first-order valence-corrected chi connectivity index (χ1v) is 10.3. The van der Waals surface area contributed by atoms with E-state index in [1.807, 2.05) is 23.1 Å². The molecule has 1 aliphatic rings. The fourth-order valence-corrected chi connectivity index (χ4v) is 3.71. The molecular weight excluding hydrogens is 362 g/mol. The Balaban J connectivity index is 1.48. The summed E-state index contributed by atoms with van der Waals surface area (Å²) in [5.74, 6) is -0.0378. The van der Waals surface area contributed by atoms with Crippen molar-refractivity contribution in [3.8, 4) is 0 Å². The average Bonchev–Trinajstić information content (AvgIpc) is 2.73. The zero-order chi connectivity index (χ0) is 20.9. The van der Waals surface area contributed by atoms with Gasteiger partial charge in [0, 0.05) is 50.4 Å². The number of benzene rings is 2. The van der Waals surface area contributed by atoms with Crippen LogP contribution in [0, 0.1) is 0 Å². The molecule has 0 aliphatic carbocycles. The number of piperazine rings is 1. The van der Waals surface area contributed by atoms with Gasteiger partial charge < -0.3 is 15.1 Å². The summed E-state index contributed by atoms with van der Waals surface area (Å²) in [4.78, 5) is 28.9. The summed E-state index contributed by atoms with van der Waals surface area (Å²) in [7, 11) is 0. The van der Waals surface area contributed by atoms with Crippen LogP contribution in [0.5, 0.6) is 0 Å². The van der Waals surface area contributed by atoms with Gasteiger partial charge in [-0.1, -0.05) is 57.2 Å². The maximum absolute atomic E-state index is 12.5. The Morgan fingerprint density at radius 1 is 0.897 bits per heavy atom. The Morgan fingerprint density at radius 3 is 2.17 bits per heavy atom. The molecule has 0 bridgehead atoms. The second-order valence-corrected chi connectivity index (χ2v) is 8.51. The predicted molar refractivity (Wildman–Crippen MR) is 117 cm³/mol. The molecule has 0 atom stereocenters. The minimum atomic E-state index is -0.137. The normalized spacial score (nSPS) is 14.6. The average molecular weight is 394 g/mol. The Kier molecular flexibility index (Phi) is 6.57. The van der Waals surface area contributed by atoms with Crippen molar-refractivity contribution in [1.29, 1.82) is 0 Å². The van der Waals surface area contributed by atoms with Crippen LogP contribution in [0.25, 0.3) is 0 Å². The summed E-state index contributed by atoms with van der Waals surface area (Å²) in [6.07, 6.45) is 0.331. The predicted octanol–water partition coefficient (Wildman–Crippen LogP) is 3.45. The van der Waals surface area contributed by atoms with E-state index in [0.717, 1.165) is 13.1 Å². The summed E-state index contributed by atoms with van der Waals surface area (Å²) in [5.41, 5.74) is 3.30. The van der Waals surface area contributed by atoms with Crippen molar-refractivity contribution in [2.75, 3.05) is 37.6 Å². The molecule has 0 radical (unpaired) electrons. The minimum absolute atomic E-state index is 0.0838. The molecule has 154 valence electrons. The van der Waals surface area contributed by atoms with E-state index in [4.69, 9.17) is 0 Å². The van der Waals surface area contributed by atoms with Gasteiger partial charge in [0.05, 0.1) is 0 Å². The van der Waals surface area contributed by atoms with E-state index in [9.17, 15) is 9.59 Å². The molecule has 0 aromatic heterocycles. The van der Waals surface area contributed by atoms with Crippen LogP contribution in [0.3, 0.4) is 0 Å². The van der Waals surface area contributed by atoms with Crippen LogP contribution < -0.4 is 10.2 Å². The molecule has 1 fully saturated rings. The lowest BCUT2D eigenvalue weighted by Crippen LogP contribution is -2.49. The van der Waals surface area contributed by atoms with Crippen LogP contribution in [0.1, 0.15) is 43.1 Å². The summed E-state index contributed by atoms with van der Waals surface area (Å²) in [6.45, 7) is 10.1. The van der Waals surface area contributed by atoms with Gasteiger partial charge in [0.15, 0.2) is 0 Å². The highest BCUT2D eigenvalue weighted by atomic mass is 16.2. The minimum Gasteiger partial charge on any atom is -0.368 e. The topological polar surface area (TPSA) is 52.6 Å². The van der Waals surface area contributed by atoms with Gasteiger partial charge in [-0.25, -0.2) is 0 Å². The molecule has 2 amide bonds. The van der Waals surface area contributed by atoms with Crippen LogP contribution in [-0.2, 0) is 10.2 Å². The molecule has 2 aromatic rings. The molecule has 2 aromatic carbocycles. The number of carbonyl (C=O) groups is 2. The maximum Gasteiger partial charge on any atom is 0.251 e. The summed E-state index contributed by atoms with van der Waals surface area (Å²) in [5, 5.41) is 2.83. The Morgan fingerprint density at radius 2 is 1.52 bits per heavy atom. The van der Waals surface area contributed by atoms with Crippen LogP contribution >= 0.6 is 0 Å². The van der Waals surface area contributed by atoms with Gasteiger partial charge in [0.25, 0.3) is 5.91 Å². The smallest absolute Gasteiger partial charge is 0.251 e. The first kappa shape index (κ1) is 20.9. The maximum atomic E-state index is 12.5. The van der Waals surface area contributed by atoms with Crippen molar-refractivity contribution in [2.24, 2.45) is 0 Å². The van der Waals surface area contributed by atoms with Crippen molar-refractivity contribution in [1.82, 2.24) is 10.2 Å². The third-order valence-corrected chi connectivity index (χ3v) is 5.35. The van der Waals surface area contributed by atoms with E-state index >= 15 is 0 Å². The van der Waals surface area contributed by atoms with Crippen molar-refractivity contribution >= 4 is 17.5 Å². The third-order valence-electron chi connectivity index (χ3n) is 5.35. The number of hydrogen-bond acceptors (Lipinski definition) is 3. The van der Waals surface area contributed by atoms with Crippen molar-refractivity contribution in [3.05, 3.63) is 65.7 Å². The second-order valence-electron chi connectivity index (χ2n) is 8.51. The van der Waals surface area contributed by atoms with Gasteiger partial charge in [0.2, 0.25) is 5.91 Å². The van der Waals surface area contributed by atoms with Gasteiger partial charge in [-0.15, -0.1) is 0 Å². The van der Waals surface area contributed by atoms with Gasteiger partial charge in [-0.05, 0) is 29.2 Å². The van der Waals surface area contributed by atoms with Crippen LogP contribution in [0.2, 0.25) is 0 Å². The number of nitrogens with zero attached hydrogens (tertiary/aromatic N) is 2. The fraction of sp³-hybridized carbons (Fsp3) is 0.417. The molecule has 5 nitrogen and oxygen atoms in total. The number of anilines is 1. The Labute approximate surface area is 173 Å². The molecule has 1 N–H and O–H groups in total. The van der Waals surface area contributed by atoms with E-state index in [0.29, 0.717) is 31.6 Å². The Bertz CT molecular complexity index is 835. The van der Waals surface area contributed by atoms with Gasteiger partial charge in [0.1, 0.15) is 0 Å². The highest BCUT2D eigenvalue weighted by Crippen LogP contribution is 2.32. The van der Waals surface area contributed by atoms with E-state index in [-0.39, 0.29) is 17.2 Å². The standard InChI is InChI=1S/C24H31N3O2/c1-24(2,3)20-11-7-8-12-21(20)26-15-17-27(18-16-26)22(28)13-14-25-23(29)19-9-5-4-6-10-19/h4-12H,13-18H2,1-3H3,(H,25,29). The zero-order valence-electron chi connectivity index (χ0n) is 17.6. The SMILES string of the molecule is CC(C)(C)c1ccccc1N1CCN(C(=O)CCNC(=O)c2ccccc2)CC1. The van der Waals surface area contributed by atoms with Crippen LogP contribution in [0.4, 0.5) is 5.69 Å². The van der Waals surface area contributed by atoms with E-state index in [1.54, 1.807) is 12.1 Å². The lowest BCUT2D eigenvalue weighted by Gasteiger charge is -2.38. The van der Waals surface area contributed by atoms with E-state index in [1.165, 1.54) is 11.3 Å². The lowest BCUT2D eigenvalue weighted by molar-refractivity contribution is -0.131. The van der Waals surface area contributed by atoms with Crippen molar-refractivity contribution < 1.29 is 9.59 Å². The monoisotopic (exact) mass is 393 g/mol. The quantitative estimate of drug-likeness (QED) is 0.847.